The molecule has 0 spiro atoms. The van der Waals surface area contributed by atoms with Crippen LogP contribution in [0.1, 0.15) is 5.56 Å². The van der Waals surface area contributed by atoms with E-state index in [2.05, 4.69) is 5.32 Å². The van der Waals surface area contributed by atoms with Gasteiger partial charge in [-0.2, -0.15) is 0 Å². The standard InChI is InChI=1S/C16H16N2O5/c1-11-14(7-4-8-15(11)18(20)21)17-16(19)10-23-13-6-3-5-12(9-13)22-2/h3-9H,10H2,1-2H3,(H,17,19). The molecule has 0 aliphatic heterocycles. The Balaban J connectivity index is 2.00. The number of nitrogens with zero attached hydrogens (tertiary/aromatic N) is 1. The lowest BCUT2D eigenvalue weighted by atomic mass is 10.1. The molecule has 7 nitrogen and oxygen atoms in total. The summed E-state index contributed by atoms with van der Waals surface area (Å²) in [5, 5.41) is 13.5. The zero-order valence-electron chi connectivity index (χ0n) is 12.7. The van der Waals surface area contributed by atoms with E-state index < -0.39 is 10.8 Å². The summed E-state index contributed by atoms with van der Waals surface area (Å²) in [5.41, 5.74) is 0.738. The first kappa shape index (κ1) is 16.3. The second-order valence-electron chi connectivity index (χ2n) is 4.72. The summed E-state index contributed by atoms with van der Waals surface area (Å²) in [6.07, 6.45) is 0. The van der Waals surface area contributed by atoms with Crippen molar-refractivity contribution in [2.24, 2.45) is 0 Å². The average molecular weight is 316 g/mol. The number of nitro benzene ring substituents is 1. The van der Waals surface area contributed by atoms with E-state index in [0.29, 0.717) is 22.7 Å². The van der Waals surface area contributed by atoms with Gasteiger partial charge in [0.25, 0.3) is 11.6 Å². The Kier molecular flexibility index (Phi) is 5.14. The van der Waals surface area contributed by atoms with Crippen LogP contribution in [-0.2, 0) is 4.79 Å². The Morgan fingerprint density at radius 1 is 1.22 bits per heavy atom. The minimum atomic E-state index is -0.488. The zero-order chi connectivity index (χ0) is 16.8. The molecule has 1 N–H and O–H groups in total. The number of methoxy groups -OCH3 is 1. The van der Waals surface area contributed by atoms with Gasteiger partial charge < -0.3 is 14.8 Å². The lowest BCUT2D eigenvalue weighted by Gasteiger charge is -2.10. The highest BCUT2D eigenvalue weighted by Crippen LogP contribution is 2.25. The third-order valence-electron chi connectivity index (χ3n) is 3.19. The molecule has 0 aromatic heterocycles. The number of benzene rings is 2. The van der Waals surface area contributed by atoms with Gasteiger partial charge in [-0.3, -0.25) is 14.9 Å². The molecule has 23 heavy (non-hydrogen) atoms. The number of carbonyl (C=O) groups is 1. The van der Waals surface area contributed by atoms with E-state index in [9.17, 15) is 14.9 Å². The molecule has 2 aromatic carbocycles. The van der Waals surface area contributed by atoms with Crippen molar-refractivity contribution in [1.29, 1.82) is 0 Å². The number of carbonyl (C=O) groups excluding carboxylic acids is 1. The van der Waals surface area contributed by atoms with Crippen LogP contribution < -0.4 is 14.8 Å². The van der Waals surface area contributed by atoms with Gasteiger partial charge in [-0.05, 0) is 25.1 Å². The molecule has 0 aliphatic carbocycles. The molecule has 0 unspecified atom stereocenters. The molecule has 2 rings (SSSR count). The molecule has 0 bridgehead atoms. The van der Waals surface area contributed by atoms with Crippen LogP contribution in [0.3, 0.4) is 0 Å². The quantitative estimate of drug-likeness (QED) is 0.653. The fourth-order valence-corrected chi connectivity index (χ4v) is 1.98. The molecular weight excluding hydrogens is 300 g/mol. The van der Waals surface area contributed by atoms with Crippen LogP contribution >= 0.6 is 0 Å². The van der Waals surface area contributed by atoms with Crippen molar-refractivity contribution >= 4 is 17.3 Å². The first-order chi connectivity index (χ1) is 11.0. The number of nitro groups is 1. The van der Waals surface area contributed by atoms with Crippen LogP contribution in [0.4, 0.5) is 11.4 Å². The predicted octanol–water partition coefficient (Wildman–Crippen LogP) is 2.93. The van der Waals surface area contributed by atoms with Crippen LogP contribution in [0.15, 0.2) is 42.5 Å². The SMILES string of the molecule is COc1cccc(OCC(=O)Nc2cccc([N+](=O)[O-])c2C)c1. The monoisotopic (exact) mass is 316 g/mol. The van der Waals surface area contributed by atoms with E-state index in [4.69, 9.17) is 9.47 Å². The minimum Gasteiger partial charge on any atom is -0.497 e. The first-order valence-corrected chi connectivity index (χ1v) is 6.82. The largest absolute Gasteiger partial charge is 0.497 e. The molecule has 0 aliphatic rings. The number of anilines is 1. The van der Waals surface area contributed by atoms with Gasteiger partial charge in [0.2, 0.25) is 0 Å². The molecule has 1 amide bonds. The molecule has 7 heteroatoms. The molecule has 0 saturated carbocycles. The maximum absolute atomic E-state index is 11.9. The molecule has 0 saturated heterocycles. The highest BCUT2D eigenvalue weighted by atomic mass is 16.6. The maximum Gasteiger partial charge on any atom is 0.274 e. The fraction of sp³-hybridized carbons (Fsp3) is 0.188. The Hall–Kier alpha value is -3.09. The van der Waals surface area contributed by atoms with Gasteiger partial charge in [0.05, 0.1) is 23.3 Å². The van der Waals surface area contributed by atoms with Crippen molar-refractivity contribution in [3.8, 4) is 11.5 Å². The van der Waals surface area contributed by atoms with Crippen molar-refractivity contribution in [3.05, 3.63) is 58.1 Å². The van der Waals surface area contributed by atoms with Crippen molar-refractivity contribution < 1.29 is 19.2 Å². The Morgan fingerprint density at radius 2 is 1.91 bits per heavy atom. The average Bonchev–Trinajstić information content (AvgIpc) is 2.55. The van der Waals surface area contributed by atoms with E-state index in [0.717, 1.165) is 0 Å². The molecule has 120 valence electrons. The molecule has 0 heterocycles. The molecular formula is C16H16N2O5. The van der Waals surface area contributed by atoms with E-state index in [1.165, 1.54) is 19.2 Å². The Labute approximate surface area is 133 Å². The maximum atomic E-state index is 11.9. The number of amides is 1. The summed E-state index contributed by atoms with van der Waals surface area (Å²) in [6, 6.07) is 11.4. The van der Waals surface area contributed by atoms with Gasteiger partial charge in [0, 0.05) is 12.1 Å². The van der Waals surface area contributed by atoms with Gasteiger partial charge in [-0.15, -0.1) is 0 Å². The topological polar surface area (TPSA) is 90.7 Å². The molecule has 0 fully saturated rings. The molecule has 0 atom stereocenters. The number of rotatable bonds is 6. The van der Waals surface area contributed by atoms with Crippen molar-refractivity contribution in [1.82, 2.24) is 0 Å². The van der Waals surface area contributed by atoms with Crippen LogP contribution in [0.5, 0.6) is 11.5 Å². The van der Waals surface area contributed by atoms with Gasteiger partial charge >= 0.3 is 0 Å². The van der Waals surface area contributed by atoms with Crippen LogP contribution in [0, 0.1) is 17.0 Å². The fourth-order valence-electron chi connectivity index (χ4n) is 1.98. The summed E-state index contributed by atoms with van der Waals surface area (Å²) in [6.45, 7) is 1.37. The van der Waals surface area contributed by atoms with Gasteiger partial charge in [0.1, 0.15) is 11.5 Å². The summed E-state index contributed by atoms with van der Waals surface area (Å²) in [4.78, 5) is 22.3. The summed E-state index contributed by atoms with van der Waals surface area (Å²) in [7, 11) is 1.54. The highest BCUT2D eigenvalue weighted by Gasteiger charge is 2.15. The third kappa shape index (κ3) is 4.19. The third-order valence-corrected chi connectivity index (χ3v) is 3.19. The molecule has 2 aromatic rings. The van der Waals surface area contributed by atoms with Crippen molar-refractivity contribution in [3.63, 3.8) is 0 Å². The Bertz CT molecular complexity index is 730. The van der Waals surface area contributed by atoms with Crippen LogP contribution in [0.25, 0.3) is 0 Å². The van der Waals surface area contributed by atoms with Gasteiger partial charge in [0.15, 0.2) is 6.61 Å². The smallest absolute Gasteiger partial charge is 0.274 e. The number of ether oxygens (including phenoxy) is 2. The zero-order valence-corrected chi connectivity index (χ0v) is 12.7. The lowest BCUT2D eigenvalue weighted by molar-refractivity contribution is -0.385. The predicted molar refractivity (Wildman–Crippen MR) is 85.0 cm³/mol. The van der Waals surface area contributed by atoms with Crippen LogP contribution in [-0.4, -0.2) is 24.5 Å². The summed E-state index contributed by atoms with van der Waals surface area (Å²) >= 11 is 0. The van der Waals surface area contributed by atoms with E-state index >= 15 is 0 Å². The number of hydrogen-bond donors (Lipinski definition) is 1. The van der Waals surface area contributed by atoms with Crippen molar-refractivity contribution in [2.45, 2.75) is 6.92 Å². The van der Waals surface area contributed by atoms with Crippen LogP contribution in [0.2, 0.25) is 0 Å². The first-order valence-electron chi connectivity index (χ1n) is 6.82. The lowest BCUT2D eigenvalue weighted by Crippen LogP contribution is -2.20. The van der Waals surface area contributed by atoms with E-state index in [1.807, 2.05) is 0 Å². The van der Waals surface area contributed by atoms with Gasteiger partial charge in [-0.25, -0.2) is 0 Å². The van der Waals surface area contributed by atoms with Crippen molar-refractivity contribution in [2.75, 3.05) is 19.0 Å². The second kappa shape index (κ2) is 7.26. The normalized spacial score (nSPS) is 10.0. The summed E-state index contributed by atoms with van der Waals surface area (Å²) < 4.78 is 10.4. The summed E-state index contributed by atoms with van der Waals surface area (Å²) in [5.74, 6) is 0.712. The second-order valence-corrected chi connectivity index (χ2v) is 4.72. The number of nitrogens with one attached hydrogen (secondary N) is 1. The van der Waals surface area contributed by atoms with E-state index in [1.54, 1.807) is 37.3 Å². The minimum absolute atomic E-state index is 0.0449. The van der Waals surface area contributed by atoms with Gasteiger partial charge in [-0.1, -0.05) is 12.1 Å². The van der Waals surface area contributed by atoms with E-state index in [-0.39, 0.29) is 12.3 Å². The Morgan fingerprint density at radius 3 is 2.61 bits per heavy atom. The molecule has 0 radical (unpaired) electrons. The highest BCUT2D eigenvalue weighted by molar-refractivity contribution is 5.93. The number of hydrogen-bond acceptors (Lipinski definition) is 5.